The van der Waals surface area contributed by atoms with E-state index < -0.39 is 0 Å². The molecule has 29 heavy (non-hydrogen) atoms. The van der Waals surface area contributed by atoms with Crippen molar-refractivity contribution in [2.45, 2.75) is 13.8 Å². The number of ether oxygens (including phenoxy) is 1. The zero-order valence-electron chi connectivity index (χ0n) is 16.0. The third-order valence-corrected chi connectivity index (χ3v) is 6.50. The molecule has 1 aromatic carbocycles. The number of hydrogen-bond acceptors (Lipinski definition) is 5. The maximum atomic E-state index is 12.8. The summed E-state index contributed by atoms with van der Waals surface area (Å²) in [6.45, 7) is 4.98. The van der Waals surface area contributed by atoms with Crippen molar-refractivity contribution in [2.24, 2.45) is 5.92 Å². The molecule has 7 heteroatoms. The van der Waals surface area contributed by atoms with Gasteiger partial charge in [0.05, 0.1) is 23.7 Å². The molecule has 1 fully saturated rings. The summed E-state index contributed by atoms with van der Waals surface area (Å²) in [6, 6.07) is 10.1. The Kier molecular flexibility index (Phi) is 4.03. The molecule has 1 amide bonds. The summed E-state index contributed by atoms with van der Waals surface area (Å²) in [5, 5.41) is 16.7. The number of benzene rings is 1. The van der Waals surface area contributed by atoms with Gasteiger partial charge in [0, 0.05) is 30.1 Å². The van der Waals surface area contributed by atoms with Gasteiger partial charge >= 0.3 is 0 Å². The number of hydrogen-bond donors (Lipinski definition) is 0. The second-order valence-corrected chi connectivity index (χ2v) is 8.28. The lowest BCUT2D eigenvalue weighted by Crippen LogP contribution is -2.49. The van der Waals surface area contributed by atoms with Gasteiger partial charge in [0.1, 0.15) is 11.3 Å². The van der Waals surface area contributed by atoms with Gasteiger partial charge in [-0.2, -0.15) is 10.4 Å². The van der Waals surface area contributed by atoms with Crippen LogP contribution in [0.4, 0.5) is 0 Å². The van der Waals surface area contributed by atoms with E-state index in [1.54, 1.807) is 33.1 Å². The summed E-state index contributed by atoms with van der Waals surface area (Å²) in [5.74, 6) is 1.27. The van der Waals surface area contributed by atoms with E-state index in [2.05, 4.69) is 29.5 Å². The first-order valence-electron chi connectivity index (χ1n) is 9.36. The van der Waals surface area contributed by atoms with E-state index in [0.29, 0.717) is 24.4 Å². The van der Waals surface area contributed by atoms with Crippen LogP contribution in [0.15, 0.2) is 42.0 Å². The Bertz CT molecular complexity index is 1310. The van der Waals surface area contributed by atoms with Gasteiger partial charge < -0.3 is 9.64 Å². The zero-order chi connectivity index (χ0) is 20.1. The summed E-state index contributed by atoms with van der Waals surface area (Å²) in [6.07, 6.45) is 3.41. The average Bonchev–Trinajstić information content (AvgIpc) is 3.22. The van der Waals surface area contributed by atoms with Crippen molar-refractivity contribution in [3.8, 4) is 17.6 Å². The molecule has 1 aliphatic heterocycles. The van der Waals surface area contributed by atoms with Gasteiger partial charge in [-0.05, 0) is 53.9 Å². The molecule has 0 spiro atoms. The maximum absolute atomic E-state index is 12.8. The Morgan fingerprint density at radius 2 is 2.14 bits per heavy atom. The van der Waals surface area contributed by atoms with Crippen LogP contribution in [0.25, 0.3) is 15.6 Å². The molecule has 0 aliphatic carbocycles. The lowest BCUT2D eigenvalue weighted by Gasteiger charge is -2.35. The van der Waals surface area contributed by atoms with Gasteiger partial charge in [0.2, 0.25) is 0 Å². The van der Waals surface area contributed by atoms with Gasteiger partial charge in [0.15, 0.2) is 5.75 Å². The highest BCUT2D eigenvalue weighted by atomic mass is 32.1. The SMILES string of the molecule is Cc1csc2cc(Oc3ccnn4cc(C(=O)N5CC(C#N)C5)c(C)c34)ccc12. The molecule has 4 heterocycles. The van der Waals surface area contributed by atoms with Crippen LogP contribution in [0.5, 0.6) is 11.5 Å². The lowest BCUT2D eigenvalue weighted by atomic mass is 10.0. The molecule has 0 unspecified atom stereocenters. The minimum atomic E-state index is -0.0686. The number of amides is 1. The molecule has 0 radical (unpaired) electrons. The van der Waals surface area contributed by atoms with Crippen LogP contribution in [-0.2, 0) is 0 Å². The van der Waals surface area contributed by atoms with Crippen LogP contribution < -0.4 is 4.74 Å². The normalized spacial score (nSPS) is 14.2. The van der Waals surface area contributed by atoms with E-state index in [1.165, 1.54) is 15.6 Å². The van der Waals surface area contributed by atoms with Gasteiger partial charge in [-0.15, -0.1) is 11.3 Å². The van der Waals surface area contributed by atoms with Crippen LogP contribution in [0.1, 0.15) is 21.5 Å². The number of aryl methyl sites for hydroxylation is 2. The number of nitrogens with zero attached hydrogens (tertiary/aromatic N) is 4. The van der Waals surface area contributed by atoms with Crippen molar-refractivity contribution < 1.29 is 9.53 Å². The van der Waals surface area contributed by atoms with E-state index in [-0.39, 0.29) is 11.8 Å². The maximum Gasteiger partial charge on any atom is 0.255 e. The summed E-state index contributed by atoms with van der Waals surface area (Å²) >= 11 is 1.70. The standard InChI is InChI=1S/C22H18N4O2S/c1-13-12-29-20-7-16(3-4-17(13)20)28-19-5-6-24-26-11-18(14(2)21(19)26)22(27)25-9-15(8-23)10-25/h3-7,11-12,15H,9-10H2,1-2H3. The fraction of sp³-hybridized carbons (Fsp3) is 0.227. The molecule has 0 atom stereocenters. The Balaban J connectivity index is 1.50. The van der Waals surface area contributed by atoms with Crippen molar-refractivity contribution in [3.63, 3.8) is 0 Å². The highest BCUT2D eigenvalue weighted by Gasteiger charge is 2.32. The minimum absolute atomic E-state index is 0.0656. The molecular weight excluding hydrogens is 384 g/mol. The predicted octanol–water partition coefficient (Wildman–Crippen LogP) is 4.55. The number of likely N-dealkylation sites (tertiary alicyclic amines) is 1. The van der Waals surface area contributed by atoms with Crippen LogP contribution in [0, 0.1) is 31.1 Å². The zero-order valence-corrected chi connectivity index (χ0v) is 16.9. The molecular formula is C22H18N4O2S. The second-order valence-electron chi connectivity index (χ2n) is 7.37. The first-order chi connectivity index (χ1) is 14.0. The number of rotatable bonds is 3. The molecule has 1 aliphatic rings. The molecule has 4 aromatic rings. The smallest absolute Gasteiger partial charge is 0.255 e. The van der Waals surface area contributed by atoms with Crippen LogP contribution in [0.2, 0.25) is 0 Å². The van der Waals surface area contributed by atoms with Gasteiger partial charge in [-0.25, -0.2) is 4.52 Å². The monoisotopic (exact) mass is 402 g/mol. The molecule has 144 valence electrons. The summed E-state index contributed by atoms with van der Waals surface area (Å²) in [5.41, 5.74) is 3.45. The van der Waals surface area contributed by atoms with E-state index in [4.69, 9.17) is 10.00 Å². The van der Waals surface area contributed by atoms with Crippen LogP contribution in [-0.4, -0.2) is 33.5 Å². The largest absolute Gasteiger partial charge is 0.455 e. The lowest BCUT2D eigenvalue weighted by molar-refractivity contribution is 0.0576. The Hall–Kier alpha value is -3.37. The van der Waals surface area contributed by atoms with E-state index in [9.17, 15) is 4.79 Å². The third kappa shape index (κ3) is 2.84. The summed E-state index contributed by atoms with van der Waals surface area (Å²) < 4.78 is 9.06. The number of nitriles is 1. The minimum Gasteiger partial charge on any atom is -0.455 e. The van der Waals surface area contributed by atoms with Gasteiger partial charge in [-0.3, -0.25) is 4.79 Å². The average molecular weight is 402 g/mol. The fourth-order valence-electron chi connectivity index (χ4n) is 3.75. The van der Waals surface area contributed by atoms with Crippen molar-refractivity contribution in [2.75, 3.05) is 13.1 Å². The molecule has 0 saturated carbocycles. The van der Waals surface area contributed by atoms with E-state index >= 15 is 0 Å². The first kappa shape index (κ1) is 17.7. The van der Waals surface area contributed by atoms with Crippen molar-refractivity contribution in [1.82, 2.24) is 14.5 Å². The number of thiophene rings is 1. The Morgan fingerprint density at radius 3 is 2.93 bits per heavy atom. The third-order valence-electron chi connectivity index (χ3n) is 5.44. The Labute approximate surface area is 171 Å². The molecule has 6 nitrogen and oxygen atoms in total. The fourth-order valence-corrected chi connectivity index (χ4v) is 4.72. The Morgan fingerprint density at radius 1 is 1.31 bits per heavy atom. The highest BCUT2D eigenvalue weighted by Crippen LogP contribution is 2.34. The second kappa shape index (κ2) is 6.61. The van der Waals surface area contributed by atoms with E-state index in [0.717, 1.165) is 16.8 Å². The quantitative estimate of drug-likeness (QED) is 0.504. The molecule has 3 aromatic heterocycles. The number of carbonyl (C=O) groups excluding carboxylic acids is 1. The summed E-state index contributed by atoms with van der Waals surface area (Å²) in [7, 11) is 0. The number of carbonyl (C=O) groups is 1. The number of aromatic nitrogens is 2. The van der Waals surface area contributed by atoms with Crippen LogP contribution >= 0.6 is 11.3 Å². The molecule has 0 bridgehead atoms. The summed E-state index contributed by atoms with van der Waals surface area (Å²) in [4.78, 5) is 14.5. The van der Waals surface area contributed by atoms with Crippen molar-refractivity contribution in [3.05, 3.63) is 58.7 Å². The van der Waals surface area contributed by atoms with Gasteiger partial charge in [0.25, 0.3) is 5.91 Å². The number of fused-ring (bicyclic) bond motifs is 2. The van der Waals surface area contributed by atoms with Crippen molar-refractivity contribution >= 4 is 32.8 Å². The molecule has 5 rings (SSSR count). The molecule has 1 saturated heterocycles. The predicted molar refractivity (Wildman–Crippen MR) is 112 cm³/mol. The van der Waals surface area contributed by atoms with Crippen LogP contribution in [0.3, 0.4) is 0 Å². The van der Waals surface area contributed by atoms with Gasteiger partial charge in [-0.1, -0.05) is 0 Å². The molecule has 0 N–H and O–H groups in total. The van der Waals surface area contributed by atoms with E-state index in [1.807, 2.05) is 25.1 Å². The first-order valence-corrected chi connectivity index (χ1v) is 10.2. The van der Waals surface area contributed by atoms with Crippen molar-refractivity contribution in [1.29, 1.82) is 5.26 Å². The highest BCUT2D eigenvalue weighted by molar-refractivity contribution is 7.17. The topological polar surface area (TPSA) is 70.6 Å².